The normalized spacial score (nSPS) is 14.4. The van der Waals surface area contributed by atoms with Gasteiger partial charge in [-0.25, -0.2) is 13.1 Å². The molecular weight excluding hydrogens is 208 g/mol. The van der Waals surface area contributed by atoms with Crippen LogP contribution in [0.2, 0.25) is 0 Å². The summed E-state index contributed by atoms with van der Waals surface area (Å²) in [6, 6.07) is 0. The lowest BCUT2D eigenvalue weighted by Gasteiger charge is -2.12. The van der Waals surface area contributed by atoms with Gasteiger partial charge in [0.2, 0.25) is 10.0 Å². The van der Waals surface area contributed by atoms with Crippen LogP contribution in [0, 0.1) is 0 Å². The Kier molecular flexibility index (Phi) is 6.75. The summed E-state index contributed by atoms with van der Waals surface area (Å²) < 4.78 is 25.4. The number of rotatable bonds is 7. The van der Waals surface area contributed by atoms with Crippen molar-refractivity contribution in [2.45, 2.75) is 12.2 Å². The van der Waals surface area contributed by atoms with Crippen LogP contribution in [0.25, 0.3) is 0 Å². The predicted molar refractivity (Wildman–Crippen MR) is 58.7 cm³/mol. The van der Waals surface area contributed by atoms with E-state index in [9.17, 15) is 8.42 Å². The Morgan fingerprint density at radius 3 is 2.54 bits per heavy atom. The molecule has 0 aliphatic rings. The first-order valence-corrected chi connectivity index (χ1v) is 7.10. The Morgan fingerprint density at radius 1 is 1.46 bits per heavy atom. The average molecular weight is 226 g/mol. The molecule has 0 aliphatic heterocycles. The molecule has 0 aromatic heterocycles. The fourth-order valence-corrected chi connectivity index (χ4v) is 2.32. The molecular formula is C7H18N2O2S2. The van der Waals surface area contributed by atoms with Gasteiger partial charge in [0.1, 0.15) is 0 Å². The van der Waals surface area contributed by atoms with Gasteiger partial charge in [0, 0.05) is 18.8 Å². The van der Waals surface area contributed by atoms with E-state index in [0.717, 1.165) is 5.75 Å². The van der Waals surface area contributed by atoms with E-state index >= 15 is 0 Å². The largest absolute Gasteiger partial charge is 0.318 e. The van der Waals surface area contributed by atoms with Crippen molar-refractivity contribution in [3.05, 3.63) is 0 Å². The van der Waals surface area contributed by atoms with Crippen molar-refractivity contribution < 1.29 is 8.42 Å². The van der Waals surface area contributed by atoms with Gasteiger partial charge in [-0.3, -0.25) is 0 Å². The first kappa shape index (κ1) is 13.2. The smallest absolute Gasteiger partial charge is 0.215 e. The number of hydrogen-bond acceptors (Lipinski definition) is 4. The highest BCUT2D eigenvalue weighted by Crippen LogP contribution is 1.97. The molecule has 0 spiro atoms. The topological polar surface area (TPSA) is 58.2 Å². The van der Waals surface area contributed by atoms with Crippen molar-refractivity contribution in [1.29, 1.82) is 0 Å². The average Bonchev–Trinajstić information content (AvgIpc) is 2.05. The van der Waals surface area contributed by atoms with Crippen molar-refractivity contribution in [2.24, 2.45) is 0 Å². The minimum atomic E-state index is -3.12. The summed E-state index contributed by atoms with van der Waals surface area (Å²) in [5, 5.41) is 2.46. The van der Waals surface area contributed by atoms with E-state index in [4.69, 9.17) is 0 Å². The molecule has 0 bridgehead atoms. The van der Waals surface area contributed by atoms with E-state index in [-0.39, 0.29) is 5.25 Å². The van der Waals surface area contributed by atoms with Crippen LogP contribution in [0.5, 0.6) is 0 Å². The summed E-state index contributed by atoms with van der Waals surface area (Å²) >= 11 is 1.62. The highest BCUT2D eigenvalue weighted by Gasteiger charge is 2.18. The van der Waals surface area contributed by atoms with Crippen molar-refractivity contribution >= 4 is 21.8 Å². The monoisotopic (exact) mass is 226 g/mol. The quantitative estimate of drug-likeness (QED) is 0.594. The fourth-order valence-electron chi connectivity index (χ4n) is 0.825. The van der Waals surface area contributed by atoms with E-state index in [1.165, 1.54) is 0 Å². The second-order valence-electron chi connectivity index (χ2n) is 2.80. The van der Waals surface area contributed by atoms with Crippen LogP contribution in [-0.2, 0) is 10.0 Å². The first-order chi connectivity index (χ1) is 6.04. The Labute approximate surface area is 84.9 Å². The van der Waals surface area contributed by atoms with Gasteiger partial charge in [-0.05, 0) is 20.2 Å². The van der Waals surface area contributed by atoms with Gasteiger partial charge in [0.15, 0.2) is 0 Å². The minimum Gasteiger partial charge on any atom is -0.318 e. The molecule has 1 unspecified atom stereocenters. The predicted octanol–water partition coefficient (Wildman–Crippen LogP) is -0.123. The second-order valence-corrected chi connectivity index (χ2v) is 5.97. The zero-order valence-electron chi connectivity index (χ0n) is 8.33. The minimum absolute atomic E-state index is 0.376. The molecule has 13 heavy (non-hydrogen) atoms. The lowest BCUT2D eigenvalue weighted by atomic mass is 10.5. The summed E-state index contributed by atoms with van der Waals surface area (Å²) in [4.78, 5) is 0. The highest BCUT2D eigenvalue weighted by molar-refractivity contribution is 7.98. The Hall–Kier alpha value is 0.220. The van der Waals surface area contributed by atoms with Crippen molar-refractivity contribution in [3.8, 4) is 0 Å². The van der Waals surface area contributed by atoms with Crippen LogP contribution >= 0.6 is 11.8 Å². The lowest BCUT2D eigenvalue weighted by molar-refractivity contribution is 0.566. The van der Waals surface area contributed by atoms with Crippen LogP contribution in [0.15, 0.2) is 0 Å². The molecule has 2 N–H and O–H groups in total. The molecule has 4 nitrogen and oxygen atoms in total. The van der Waals surface area contributed by atoms with Gasteiger partial charge in [-0.1, -0.05) is 0 Å². The van der Waals surface area contributed by atoms with Gasteiger partial charge >= 0.3 is 0 Å². The SMILES string of the molecule is CNCC(C)S(=O)(=O)NCCSC. The van der Waals surface area contributed by atoms with Gasteiger partial charge in [0.05, 0.1) is 5.25 Å². The molecule has 0 amide bonds. The van der Waals surface area contributed by atoms with E-state index < -0.39 is 10.0 Å². The third kappa shape index (κ3) is 5.51. The Bertz CT molecular complexity index is 217. The molecule has 0 saturated heterocycles. The van der Waals surface area contributed by atoms with Crippen molar-refractivity contribution in [1.82, 2.24) is 10.0 Å². The highest BCUT2D eigenvalue weighted by atomic mass is 32.2. The van der Waals surface area contributed by atoms with Crippen LogP contribution in [-0.4, -0.2) is 45.8 Å². The van der Waals surface area contributed by atoms with E-state index in [1.54, 1.807) is 25.7 Å². The lowest BCUT2D eigenvalue weighted by Crippen LogP contribution is -2.38. The van der Waals surface area contributed by atoms with E-state index in [1.807, 2.05) is 6.26 Å². The summed E-state index contributed by atoms with van der Waals surface area (Å²) in [7, 11) is -1.38. The van der Waals surface area contributed by atoms with Gasteiger partial charge < -0.3 is 5.32 Å². The number of hydrogen-bond donors (Lipinski definition) is 2. The van der Waals surface area contributed by atoms with E-state index in [0.29, 0.717) is 13.1 Å². The number of thioether (sulfide) groups is 1. The van der Waals surface area contributed by atoms with Crippen LogP contribution in [0.4, 0.5) is 0 Å². The fraction of sp³-hybridized carbons (Fsp3) is 1.00. The summed E-state index contributed by atoms with van der Waals surface area (Å²) in [6.07, 6.45) is 1.95. The molecule has 1 atom stereocenters. The molecule has 0 aromatic rings. The van der Waals surface area contributed by atoms with E-state index in [2.05, 4.69) is 10.0 Å². The first-order valence-electron chi connectivity index (χ1n) is 4.16. The molecule has 0 aliphatic carbocycles. The van der Waals surface area contributed by atoms with Gasteiger partial charge in [0.25, 0.3) is 0 Å². The summed E-state index contributed by atoms with van der Waals surface area (Å²) in [6.45, 7) is 2.68. The molecule has 0 aromatic carbocycles. The molecule has 80 valence electrons. The zero-order chi connectivity index (χ0) is 10.3. The third-order valence-electron chi connectivity index (χ3n) is 1.63. The second kappa shape index (κ2) is 6.64. The zero-order valence-corrected chi connectivity index (χ0v) is 9.96. The van der Waals surface area contributed by atoms with Crippen LogP contribution in [0.1, 0.15) is 6.92 Å². The molecule has 6 heteroatoms. The molecule has 0 fully saturated rings. The Balaban J connectivity index is 3.92. The maximum atomic E-state index is 11.4. The third-order valence-corrected chi connectivity index (χ3v) is 4.08. The summed E-state index contributed by atoms with van der Waals surface area (Å²) in [5.41, 5.74) is 0. The van der Waals surface area contributed by atoms with Gasteiger partial charge in [-0.15, -0.1) is 0 Å². The summed E-state index contributed by atoms with van der Waals surface area (Å²) in [5.74, 6) is 0.811. The maximum absolute atomic E-state index is 11.4. The standard InChI is InChI=1S/C7H18N2O2S2/c1-7(6-8-2)13(10,11)9-4-5-12-3/h7-9H,4-6H2,1-3H3. The van der Waals surface area contributed by atoms with Crippen molar-refractivity contribution in [2.75, 3.05) is 32.1 Å². The molecule has 0 rings (SSSR count). The molecule has 0 saturated carbocycles. The molecule has 0 heterocycles. The van der Waals surface area contributed by atoms with Crippen molar-refractivity contribution in [3.63, 3.8) is 0 Å². The van der Waals surface area contributed by atoms with Crippen LogP contribution < -0.4 is 10.0 Å². The van der Waals surface area contributed by atoms with Gasteiger partial charge in [-0.2, -0.15) is 11.8 Å². The van der Waals surface area contributed by atoms with Crippen LogP contribution in [0.3, 0.4) is 0 Å². The number of nitrogens with one attached hydrogen (secondary N) is 2. The molecule has 0 radical (unpaired) electrons. The maximum Gasteiger partial charge on any atom is 0.215 e. The Morgan fingerprint density at radius 2 is 2.08 bits per heavy atom. The number of sulfonamides is 1.